The molecule has 4 rings (SSSR count). The van der Waals surface area contributed by atoms with E-state index >= 15 is 0 Å². The fourth-order valence-corrected chi connectivity index (χ4v) is 5.28. The van der Waals surface area contributed by atoms with Gasteiger partial charge in [0, 0.05) is 24.7 Å². The maximum atomic E-state index is 13.4. The van der Waals surface area contributed by atoms with Crippen molar-refractivity contribution in [2.24, 2.45) is 5.73 Å². The molecule has 0 radical (unpaired) electrons. The normalized spacial score (nSPS) is 19.6. The van der Waals surface area contributed by atoms with Crippen LogP contribution in [0.25, 0.3) is 0 Å². The molecule has 172 valence electrons. The van der Waals surface area contributed by atoms with Crippen LogP contribution < -0.4 is 5.73 Å². The summed E-state index contributed by atoms with van der Waals surface area (Å²) in [5.41, 5.74) is 8.47. The highest BCUT2D eigenvalue weighted by atomic mass is 35.5. The topological polar surface area (TPSA) is 49.6 Å². The van der Waals surface area contributed by atoms with Gasteiger partial charge < -0.3 is 10.6 Å². The molecule has 1 fully saturated rings. The van der Waals surface area contributed by atoms with Gasteiger partial charge >= 0.3 is 6.18 Å². The summed E-state index contributed by atoms with van der Waals surface area (Å²) in [6.07, 6.45) is -2.37. The fourth-order valence-electron chi connectivity index (χ4n) is 5.16. The van der Waals surface area contributed by atoms with Crippen LogP contribution in [-0.4, -0.2) is 54.1 Å². The molecule has 0 aromatic heterocycles. The molecule has 2 aromatic rings. The number of carbonyl (C=O) groups is 1. The van der Waals surface area contributed by atoms with Gasteiger partial charge in [-0.3, -0.25) is 9.69 Å². The number of carbonyl (C=O) groups excluding carboxylic acids is 1. The molecule has 0 saturated carbocycles. The average molecular weight is 466 g/mol. The summed E-state index contributed by atoms with van der Waals surface area (Å²) < 4.78 is 40.1. The van der Waals surface area contributed by atoms with E-state index in [4.69, 9.17) is 17.3 Å². The summed E-state index contributed by atoms with van der Waals surface area (Å²) in [4.78, 5) is 16.3. The summed E-state index contributed by atoms with van der Waals surface area (Å²) in [6.45, 7) is 0.192. The van der Waals surface area contributed by atoms with E-state index in [-0.39, 0.29) is 5.91 Å². The molecule has 1 atom stereocenters. The third-order valence-corrected chi connectivity index (χ3v) is 6.99. The molecule has 2 aromatic carbocycles. The first-order chi connectivity index (χ1) is 15.2. The van der Waals surface area contributed by atoms with E-state index in [1.165, 1.54) is 0 Å². The SMILES string of the molecule is NC(Cc1ccc(Cl)cc1)C(=O)N1CCC2(CC1)c1ccccc1CCN2CC(F)(F)F. The first-order valence-corrected chi connectivity index (χ1v) is 11.2. The average Bonchev–Trinajstić information content (AvgIpc) is 2.77. The lowest BCUT2D eigenvalue weighted by Gasteiger charge is -2.52. The van der Waals surface area contributed by atoms with Crippen molar-refractivity contribution in [3.05, 3.63) is 70.2 Å². The van der Waals surface area contributed by atoms with Crippen molar-refractivity contribution in [3.8, 4) is 0 Å². The first kappa shape index (κ1) is 23.1. The van der Waals surface area contributed by atoms with Gasteiger partial charge in [0.2, 0.25) is 5.91 Å². The van der Waals surface area contributed by atoms with Crippen LogP contribution in [0.5, 0.6) is 0 Å². The van der Waals surface area contributed by atoms with E-state index in [0.717, 1.165) is 16.7 Å². The van der Waals surface area contributed by atoms with Gasteiger partial charge in [-0.05, 0) is 54.5 Å². The van der Waals surface area contributed by atoms with Crippen molar-refractivity contribution in [1.82, 2.24) is 9.80 Å². The standard InChI is InChI=1S/C24H27ClF3N3O/c25-19-7-5-17(6-8-19)15-21(29)22(32)30-13-10-23(11-14-30)20-4-2-1-3-18(20)9-12-31(23)16-24(26,27)28/h1-8,21H,9-16,29H2. The van der Waals surface area contributed by atoms with Gasteiger partial charge in [-0.1, -0.05) is 48.0 Å². The highest BCUT2D eigenvalue weighted by Crippen LogP contribution is 2.44. The first-order valence-electron chi connectivity index (χ1n) is 10.9. The number of amides is 1. The molecule has 8 heteroatoms. The lowest BCUT2D eigenvalue weighted by Crippen LogP contribution is -2.60. The van der Waals surface area contributed by atoms with Gasteiger partial charge in [0.15, 0.2) is 0 Å². The Morgan fingerprint density at radius 2 is 1.72 bits per heavy atom. The van der Waals surface area contributed by atoms with Crippen LogP contribution in [0.3, 0.4) is 0 Å². The van der Waals surface area contributed by atoms with Gasteiger partial charge in [0.1, 0.15) is 0 Å². The number of halogens is 4. The van der Waals surface area contributed by atoms with E-state index in [1.54, 1.807) is 21.9 Å². The summed E-state index contributed by atoms with van der Waals surface area (Å²) in [5, 5.41) is 0.617. The van der Waals surface area contributed by atoms with Crippen molar-refractivity contribution in [1.29, 1.82) is 0 Å². The van der Waals surface area contributed by atoms with Crippen LogP contribution in [0.4, 0.5) is 13.2 Å². The Bertz CT molecular complexity index is 956. The molecule has 32 heavy (non-hydrogen) atoms. The molecular weight excluding hydrogens is 439 g/mol. The number of alkyl halides is 3. The van der Waals surface area contributed by atoms with Crippen LogP contribution in [0.15, 0.2) is 48.5 Å². The van der Waals surface area contributed by atoms with Gasteiger partial charge in [0.25, 0.3) is 0 Å². The molecule has 0 aliphatic carbocycles. The second-order valence-corrected chi connectivity index (χ2v) is 9.17. The Morgan fingerprint density at radius 1 is 1.06 bits per heavy atom. The molecule has 2 aliphatic rings. The monoisotopic (exact) mass is 465 g/mol. The molecule has 2 aliphatic heterocycles. The number of hydrogen-bond donors (Lipinski definition) is 1. The predicted molar refractivity (Wildman–Crippen MR) is 118 cm³/mol. The molecule has 1 saturated heterocycles. The number of fused-ring (bicyclic) bond motifs is 2. The molecule has 4 nitrogen and oxygen atoms in total. The molecule has 0 bridgehead atoms. The lowest BCUT2D eigenvalue weighted by atomic mass is 9.74. The van der Waals surface area contributed by atoms with E-state index in [9.17, 15) is 18.0 Å². The third-order valence-electron chi connectivity index (χ3n) is 6.73. The van der Waals surface area contributed by atoms with Crippen molar-refractivity contribution >= 4 is 17.5 Å². The number of rotatable bonds is 4. The smallest absolute Gasteiger partial charge is 0.341 e. The Morgan fingerprint density at radius 3 is 2.38 bits per heavy atom. The summed E-state index contributed by atoms with van der Waals surface area (Å²) >= 11 is 5.91. The Kier molecular flexibility index (Phi) is 6.52. The van der Waals surface area contributed by atoms with Crippen LogP contribution in [0, 0.1) is 0 Å². The molecule has 1 amide bonds. The fraction of sp³-hybridized carbons (Fsp3) is 0.458. The van der Waals surface area contributed by atoms with Crippen LogP contribution in [-0.2, 0) is 23.2 Å². The van der Waals surface area contributed by atoms with Crippen molar-refractivity contribution in [2.75, 3.05) is 26.2 Å². The molecular formula is C24H27ClF3N3O. The number of likely N-dealkylation sites (tertiary alicyclic amines) is 1. The third kappa shape index (κ3) is 4.80. The van der Waals surface area contributed by atoms with Gasteiger partial charge in [0.05, 0.1) is 18.1 Å². The zero-order valence-corrected chi connectivity index (χ0v) is 18.5. The molecule has 2 N–H and O–H groups in total. The van der Waals surface area contributed by atoms with E-state index in [2.05, 4.69) is 0 Å². The Balaban J connectivity index is 1.49. The number of benzene rings is 2. The largest absolute Gasteiger partial charge is 0.401 e. The minimum atomic E-state index is -4.27. The second-order valence-electron chi connectivity index (χ2n) is 8.74. The van der Waals surface area contributed by atoms with Crippen LogP contribution in [0.1, 0.15) is 29.5 Å². The maximum Gasteiger partial charge on any atom is 0.401 e. The quantitative estimate of drug-likeness (QED) is 0.738. The predicted octanol–water partition coefficient (Wildman–Crippen LogP) is 4.15. The van der Waals surface area contributed by atoms with Crippen molar-refractivity contribution in [3.63, 3.8) is 0 Å². The van der Waals surface area contributed by atoms with Crippen molar-refractivity contribution < 1.29 is 18.0 Å². The van der Waals surface area contributed by atoms with Gasteiger partial charge in [-0.2, -0.15) is 13.2 Å². The second kappa shape index (κ2) is 9.04. The van der Waals surface area contributed by atoms with Crippen molar-refractivity contribution in [2.45, 2.75) is 43.4 Å². The number of piperidine rings is 1. The Labute approximate surface area is 191 Å². The maximum absolute atomic E-state index is 13.4. The van der Waals surface area contributed by atoms with Gasteiger partial charge in [-0.15, -0.1) is 0 Å². The number of nitrogens with zero attached hydrogens (tertiary/aromatic N) is 2. The molecule has 2 heterocycles. The van der Waals surface area contributed by atoms with Crippen LogP contribution >= 0.6 is 11.6 Å². The summed E-state index contributed by atoms with van der Waals surface area (Å²) in [5.74, 6) is -0.165. The summed E-state index contributed by atoms with van der Waals surface area (Å²) in [7, 11) is 0. The zero-order chi connectivity index (χ0) is 22.9. The van der Waals surface area contributed by atoms with E-state index in [1.807, 2.05) is 36.4 Å². The lowest BCUT2D eigenvalue weighted by molar-refractivity contribution is -0.168. The zero-order valence-electron chi connectivity index (χ0n) is 17.7. The minimum absolute atomic E-state index is 0.165. The highest BCUT2D eigenvalue weighted by molar-refractivity contribution is 6.30. The Hall–Kier alpha value is -2.09. The number of nitrogens with two attached hydrogens (primary N) is 1. The van der Waals surface area contributed by atoms with E-state index < -0.39 is 24.3 Å². The summed E-state index contributed by atoms with van der Waals surface area (Å²) in [6, 6.07) is 14.3. The minimum Gasteiger partial charge on any atom is -0.341 e. The molecule has 1 spiro atoms. The molecule has 1 unspecified atom stereocenters. The van der Waals surface area contributed by atoms with E-state index in [0.29, 0.717) is 50.3 Å². The van der Waals surface area contributed by atoms with Crippen LogP contribution in [0.2, 0.25) is 5.02 Å². The van der Waals surface area contributed by atoms with Gasteiger partial charge in [-0.25, -0.2) is 0 Å². The highest BCUT2D eigenvalue weighted by Gasteiger charge is 2.48. The number of hydrogen-bond acceptors (Lipinski definition) is 3.